The lowest BCUT2D eigenvalue weighted by Crippen LogP contribution is -2.50. The summed E-state index contributed by atoms with van der Waals surface area (Å²) in [7, 11) is 0. The molecule has 31 heavy (non-hydrogen) atoms. The first-order chi connectivity index (χ1) is 15.0. The van der Waals surface area contributed by atoms with Crippen LogP contribution in [-0.2, 0) is 9.53 Å². The summed E-state index contributed by atoms with van der Waals surface area (Å²) in [4.78, 5) is 25.4. The molecule has 2 unspecified atom stereocenters. The number of aromatic nitrogens is 2. The van der Waals surface area contributed by atoms with Gasteiger partial charge in [-0.15, -0.1) is 0 Å². The van der Waals surface area contributed by atoms with E-state index in [1.807, 2.05) is 11.0 Å². The molecule has 0 bridgehead atoms. The van der Waals surface area contributed by atoms with E-state index in [1.165, 1.54) is 18.3 Å². The number of hydrogen-bond acceptors (Lipinski definition) is 6. The molecule has 2 N–H and O–H groups in total. The molecule has 1 aromatic carbocycles. The summed E-state index contributed by atoms with van der Waals surface area (Å²) >= 11 is 0. The van der Waals surface area contributed by atoms with E-state index in [1.54, 1.807) is 17.0 Å². The molecular weight excluding hydrogens is 404 g/mol. The summed E-state index contributed by atoms with van der Waals surface area (Å²) in [5.41, 5.74) is 5.16. The summed E-state index contributed by atoms with van der Waals surface area (Å²) in [6.45, 7) is 1.09. The molecule has 0 radical (unpaired) electrons. The molecule has 5 rings (SSSR count). The van der Waals surface area contributed by atoms with Crippen molar-refractivity contribution < 1.29 is 18.3 Å². The number of piperidine rings is 1. The predicted octanol–water partition coefficient (Wildman–Crippen LogP) is 2.90. The van der Waals surface area contributed by atoms with E-state index in [0.717, 1.165) is 24.6 Å². The van der Waals surface area contributed by atoms with Crippen molar-refractivity contribution in [2.75, 3.05) is 18.0 Å². The molecular formula is C22H23F2N5O2. The second-order valence-electron chi connectivity index (χ2n) is 8.17. The lowest BCUT2D eigenvalue weighted by molar-refractivity contribution is -0.140. The first-order valence-corrected chi connectivity index (χ1v) is 10.4. The van der Waals surface area contributed by atoms with Gasteiger partial charge >= 0.3 is 0 Å². The molecule has 3 aliphatic heterocycles. The van der Waals surface area contributed by atoms with Crippen LogP contribution in [0, 0.1) is 5.82 Å². The Labute approximate surface area is 178 Å². The van der Waals surface area contributed by atoms with Gasteiger partial charge in [0.2, 0.25) is 0 Å². The molecule has 1 spiro atoms. The van der Waals surface area contributed by atoms with Crippen molar-refractivity contribution in [2.24, 2.45) is 5.73 Å². The van der Waals surface area contributed by atoms with Gasteiger partial charge in [0.05, 0.1) is 6.04 Å². The minimum Gasteiger partial charge on any atom is -0.402 e. The maximum atomic E-state index is 13.7. The largest absolute Gasteiger partial charge is 0.402 e. The molecule has 1 aromatic heterocycles. The van der Waals surface area contributed by atoms with Crippen LogP contribution in [0.1, 0.15) is 43.1 Å². The zero-order valence-corrected chi connectivity index (χ0v) is 16.9. The third-order valence-corrected chi connectivity index (χ3v) is 6.45. The number of amides is 1. The van der Waals surface area contributed by atoms with Crippen molar-refractivity contribution >= 4 is 17.6 Å². The lowest BCUT2D eigenvalue weighted by Gasteiger charge is -2.38. The average Bonchev–Trinajstić information content (AvgIpc) is 3.32. The summed E-state index contributed by atoms with van der Waals surface area (Å²) in [5.74, 6) is -0.493. The summed E-state index contributed by atoms with van der Waals surface area (Å²) in [5, 5.41) is 0. The van der Waals surface area contributed by atoms with Crippen molar-refractivity contribution in [3.05, 3.63) is 59.9 Å². The molecule has 7 nitrogen and oxygen atoms in total. The average molecular weight is 427 g/mol. The second kappa shape index (κ2) is 7.56. The molecule has 3 fully saturated rings. The molecule has 3 saturated heterocycles. The van der Waals surface area contributed by atoms with Crippen LogP contribution in [-0.4, -0.2) is 45.7 Å². The number of carbonyl (C=O) groups is 1. The van der Waals surface area contributed by atoms with E-state index in [-0.39, 0.29) is 29.8 Å². The number of nitrogens with zero attached hydrogens (tertiary/aromatic N) is 4. The molecule has 1 amide bonds. The molecule has 2 aromatic rings. The van der Waals surface area contributed by atoms with Crippen molar-refractivity contribution in [3.8, 4) is 0 Å². The SMILES string of the molecule is N/C=C(/F)c1nccc(N2CCC3(CC2)OC2CCC(c4cccc(F)c4)N2C3=O)n1. The van der Waals surface area contributed by atoms with Gasteiger partial charge in [0.15, 0.2) is 17.3 Å². The van der Waals surface area contributed by atoms with E-state index in [2.05, 4.69) is 9.97 Å². The Morgan fingerprint density at radius 2 is 2.06 bits per heavy atom. The van der Waals surface area contributed by atoms with Crippen LogP contribution in [0.4, 0.5) is 14.6 Å². The number of nitrogens with two attached hydrogens (primary N) is 1. The summed E-state index contributed by atoms with van der Waals surface area (Å²) in [6.07, 6.45) is 4.54. The fraction of sp³-hybridized carbons (Fsp3) is 0.409. The number of halogens is 2. The van der Waals surface area contributed by atoms with Gasteiger partial charge in [0.1, 0.15) is 17.9 Å². The van der Waals surface area contributed by atoms with E-state index >= 15 is 0 Å². The Hall–Kier alpha value is -3.07. The van der Waals surface area contributed by atoms with Gasteiger partial charge in [-0.3, -0.25) is 4.79 Å². The highest BCUT2D eigenvalue weighted by atomic mass is 19.1. The Kier molecular flexibility index (Phi) is 4.85. The summed E-state index contributed by atoms with van der Waals surface area (Å²) in [6, 6.07) is 7.98. The van der Waals surface area contributed by atoms with Crippen LogP contribution < -0.4 is 10.6 Å². The van der Waals surface area contributed by atoms with Gasteiger partial charge < -0.3 is 20.3 Å². The number of anilines is 1. The number of ether oxygens (including phenoxy) is 1. The van der Waals surface area contributed by atoms with Gasteiger partial charge in [-0.1, -0.05) is 12.1 Å². The van der Waals surface area contributed by atoms with Crippen LogP contribution in [0.25, 0.3) is 5.83 Å². The van der Waals surface area contributed by atoms with Gasteiger partial charge in [0.25, 0.3) is 5.91 Å². The first kappa shape index (κ1) is 19.9. The number of benzene rings is 1. The van der Waals surface area contributed by atoms with Gasteiger partial charge in [-0.25, -0.2) is 18.7 Å². The lowest BCUT2D eigenvalue weighted by atomic mass is 9.89. The first-order valence-electron chi connectivity index (χ1n) is 10.4. The topological polar surface area (TPSA) is 84.6 Å². The number of rotatable bonds is 3. The van der Waals surface area contributed by atoms with Crippen LogP contribution >= 0.6 is 0 Å². The van der Waals surface area contributed by atoms with Gasteiger partial charge in [0, 0.05) is 38.3 Å². The van der Waals surface area contributed by atoms with Crippen LogP contribution in [0.15, 0.2) is 42.7 Å². The maximum Gasteiger partial charge on any atom is 0.257 e. The number of fused-ring (bicyclic) bond motifs is 1. The summed E-state index contributed by atoms with van der Waals surface area (Å²) < 4.78 is 33.8. The fourth-order valence-electron chi connectivity index (χ4n) is 4.90. The van der Waals surface area contributed by atoms with Crippen LogP contribution in [0.3, 0.4) is 0 Å². The fourth-order valence-corrected chi connectivity index (χ4v) is 4.90. The minimum atomic E-state index is -0.870. The van der Waals surface area contributed by atoms with Crippen LogP contribution in [0.5, 0.6) is 0 Å². The van der Waals surface area contributed by atoms with Gasteiger partial charge in [-0.05, 0) is 36.6 Å². The normalized spacial score (nSPS) is 25.4. The monoisotopic (exact) mass is 427 g/mol. The van der Waals surface area contributed by atoms with E-state index < -0.39 is 11.4 Å². The zero-order valence-electron chi connectivity index (χ0n) is 16.9. The highest BCUT2D eigenvalue weighted by molar-refractivity contribution is 5.88. The highest BCUT2D eigenvalue weighted by Gasteiger charge is 2.58. The molecule has 4 heterocycles. The minimum absolute atomic E-state index is 0.0237. The van der Waals surface area contributed by atoms with Crippen molar-refractivity contribution in [1.82, 2.24) is 14.9 Å². The molecule has 9 heteroatoms. The Morgan fingerprint density at radius 3 is 2.81 bits per heavy atom. The molecule has 0 saturated carbocycles. The van der Waals surface area contributed by atoms with Crippen molar-refractivity contribution in [1.29, 1.82) is 0 Å². The van der Waals surface area contributed by atoms with Crippen molar-refractivity contribution in [2.45, 2.75) is 43.6 Å². The van der Waals surface area contributed by atoms with E-state index in [4.69, 9.17) is 10.5 Å². The number of carbonyl (C=O) groups excluding carboxylic acids is 1. The smallest absolute Gasteiger partial charge is 0.257 e. The van der Waals surface area contributed by atoms with Crippen LogP contribution in [0.2, 0.25) is 0 Å². The third-order valence-electron chi connectivity index (χ3n) is 6.45. The molecule has 0 aliphatic carbocycles. The maximum absolute atomic E-state index is 13.7. The predicted molar refractivity (Wildman–Crippen MR) is 110 cm³/mol. The van der Waals surface area contributed by atoms with E-state index in [9.17, 15) is 13.6 Å². The quantitative estimate of drug-likeness (QED) is 0.811. The Morgan fingerprint density at radius 1 is 1.26 bits per heavy atom. The zero-order chi connectivity index (χ0) is 21.6. The Balaban J connectivity index is 1.32. The van der Waals surface area contributed by atoms with Gasteiger partial charge in [-0.2, -0.15) is 0 Å². The Bertz CT molecular complexity index is 1040. The molecule has 3 aliphatic rings. The van der Waals surface area contributed by atoms with E-state index in [0.29, 0.717) is 31.7 Å². The third kappa shape index (κ3) is 3.33. The highest BCUT2D eigenvalue weighted by Crippen LogP contribution is 2.47. The second-order valence-corrected chi connectivity index (χ2v) is 8.17. The molecule has 2 atom stereocenters. The number of hydrogen-bond donors (Lipinski definition) is 1. The molecule has 162 valence electrons. The van der Waals surface area contributed by atoms with Crippen molar-refractivity contribution in [3.63, 3.8) is 0 Å². The standard InChI is InChI=1S/C22H23F2N5O2/c23-15-3-1-2-14(12-15)17-4-5-19-29(17)21(30)22(31-19)7-10-28(11-8-22)18-6-9-26-20(27-18)16(24)13-25/h1-3,6,9,12-13,17,19H,4-5,7-8,10-11,25H2/b16-13+.